The number of aliphatic hydroxyl groups excluding tert-OH is 1. The number of rotatable bonds is 5. The first-order chi connectivity index (χ1) is 16.1. The molecule has 1 fully saturated rings. The van der Waals surface area contributed by atoms with Crippen molar-refractivity contribution in [2.45, 2.75) is 35.3 Å². The molecule has 10 nitrogen and oxygen atoms in total. The number of nitriles is 1. The maximum Gasteiger partial charge on any atom is 0.501 e. The molecule has 0 saturated carbocycles. The Labute approximate surface area is 191 Å². The van der Waals surface area contributed by atoms with Crippen LogP contribution in [0.25, 0.3) is 11.6 Å². The molecule has 1 saturated heterocycles. The van der Waals surface area contributed by atoms with Crippen LogP contribution in [0.5, 0.6) is 0 Å². The smallest absolute Gasteiger partial charge is 0.417 e. The first kappa shape index (κ1) is 23.6. The van der Waals surface area contributed by atoms with E-state index in [4.69, 9.17) is 9.52 Å². The molecule has 0 bridgehead atoms. The average molecular weight is 494 g/mol. The van der Waals surface area contributed by atoms with Crippen LogP contribution in [0, 0.1) is 11.3 Å². The van der Waals surface area contributed by atoms with Crippen molar-refractivity contribution in [1.82, 2.24) is 20.4 Å². The van der Waals surface area contributed by atoms with Crippen molar-refractivity contribution in [3.05, 3.63) is 47.9 Å². The van der Waals surface area contributed by atoms with Gasteiger partial charge in [0.2, 0.25) is 5.89 Å². The number of aliphatic hydroxyl groups is 1. The molecule has 34 heavy (non-hydrogen) atoms. The van der Waals surface area contributed by atoms with E-state index in [1.54, 1.807) is 12.1 Å². The third-order valence-electron chi connectivity index (χ3n) is 5.65. The monoisotopic (exact) mass is 494 g/mol. The lowest BCUT2D eigenvalue weighted by Gasteiger charge is -2.38. The van der Waals surface area contributed by atoms with Crippen molar-refractivity contribution in [1.29, 1.82) is 5.26 Å². The first-order valence-corrected chi connectivity index (χ1v) is 11.4. The maximum absolute atomic E-state index is 12.8. The van der Waals surface area contributed by atoms with Gasteiger partial charge in [-0.05, 0) is 42.7 Å². The van der Waals surface area contributed by atoms with E-state index in [1.165, 1.54) is 12.1 Å². The number of hydrogen-bond acceptors (Lipinski definition) is 10. The van der Waals surface area contributed by atoms with Crippen molar-refractivity contribution < 1.29 is 31.1 Å². The van der Waals surface area contributed by atoms with Crippen LogP contribution in [0.3, 0.4) is 0 Å². The van der Waals surface area contributed by atoms with Crippen LogP contribution in [0.4, 0.5) is 19.0 Å². The molecule has 0 amide bonds. The minimum absolute atomic E-state index is 0.0498. The van der Waals surface area contributed by atoms with Gasteiger partial charge in [0.1, 0.15) is 12.3 Å². The van der Waals surface area contributed by atoms with Crippen LogP contribution in [-0.4, -0.2) is 52.5 Å². The standard InChI is InChI=1S/C20H17F3N6O4S/c21-20(22,23)34(31,32)14-3-1-13(2-4-14)19(12-24)7-9-29(10-8-19)16-6-5-15(25-26-16)18-28-27-17(11-30)33-18/h1-6,30H,7-11H2. The molecule has 1 aliphatic heterocycles. The Morgan fingerprint density at radius 3 is 2.24 bits per heavy atom. The molecule has 178 valence electrons. The van der Waals surface area contributed by atoms with Crippen LogP contribution in [0.2, 0.25) is 0 Å². The summed E-state index contributed by atoms with van der Waals surface area (Å²) in [5, 5.41) is 34.5. The van der Waals surface area contributed by atoms with Gasteiger partial charge in [-0.15, -0.1) is 20.4 Å². The number of alkyl halides is 3. The number of halogens is 3. The van der Waals surface area contributed by atoms with Gasteiger partial charge in [-0.2, -0.15) is 18.4 Å². The van der Waals surface area contributed by atoms with E-state index in [0.29, 0.717) is 43.0 Å². The second-order valence-corrected chi connectivity index (χ2v) is 9.53. The highest BCUT2D eigenvalue weighted by Crippen LogP contribution is 2.38. The van der Waals surface area contributed by atoms with E-state index in [-0.39, 0.29) is 11.8 Å². The summed E-state index contributed by atoms with van der Waals surface area (Å²) in [6, 6.07) is 9.86. The molecule has 14 heteroatoms. The highest BCUT2D eigenvalue weighted by Gasteiger charge is 2.47. The van der Waals surface area contributed by atoms with E-state index < -0.39 is 32.3 Å². The number of hydrogen-bond donors (Lipinski definition) is 1. The van der Waals surface area contributed by atoms with Gasteiger partial charge < -0.3 is 14.4 Å². The molecular weight excluding hydrogens is 477 g/mol. The summed E-state index contributed by atoms with van der Waals surface area (Å²) in [7, 11) is -5.45. The van der Waals surface area contributed by atoms with Crippen molar-refractivity contribution in [2.24, 2.45) is 0 Å². The Hall–Kier alpha value is -3.57. The molecule has 0 atom stereocenters. The van der Waals surface area contributed by atoms with E-state index in [1.807, 2.05) is 4.90 Å². The summed E-state index contributed by atoms with van der Waals surface area (Å²) in [4.78, 5) is 1.04. The number of anilines is 1. The lowest BCUT2D eigenvalue weighted by Crippen LogP contribution is -2.42. The molecule has 2 aromatic heterocycles. The van der Waals surface area contributed by atoms with Crippen LogP contribution in [-0.2, 0) is 21.9 Å². The van der Waals surface area contributed by atoms with Crippen molar-refractivity contribution >= 4 is 15.7 Å². The van der Waals surface area contributed by atoms with Crippen LogP contribution >= 0.6 is 0 Å². The van der Waals surface area contributed by atoms with E-state index in [9.17, 15) is 26.9 Å². The highest BCUT2D eigenvalue weighted by atomic mass is 32.2. The topological polar surface area (TPSA) is 146 Å². The third-order valence-corrected chi connectivity index (χ3v) is 7.15. The largest absolute Gasteiger partial charge is 0.501 e. The number of nitrogens with zero attached hydrogens (tertiary/aromatic N) is 6. The summed E-state index contributed by atoms with van der Waals surface area (Å²) in [6.07, 6.45) is 0.698. The maximum atomic E-state index is 12.8. The normalized spacial score (nSPS) is 16.3. The number of sulfone groups is 1. The molecule has 0 aliphatic carbocycles. The lowest BCUT2D eigenvalue weighted by molar-refractivity contribution is -0.0436. The van der Waals surface area contributed by atoms with E-state index >= 15 is 0 Å². The van der Waals surface area contributed by atoms with Gasteiger partial charge >= 0.3 is 5.51 Å². The van der Waals surface area contributed by atoms with E-state index in [0.717, 1.165) is 12.1 Å². The number of piperidine rings is 1. The zero-order valence-electron chi connectivity index (χ0n) is 17.4. The third kappa shape index (κ3) is 4.19. The number of benzene rings is 1. The lowest BCUT2D eigenvalue weighted by atomic mass is 9.74. The molecule has 0 spiro atoms. The van der Waals surface area contributed by atoms with Crippen molar-refractivity contribution in [2.75, 3.05) is 18.0 Å². The second-order valence-electron chi connectivity index (χ2n) is 7.59. The first-order valence-electron chi connectivity index (χ1n) is 9.95. The molecule has 3 heterocycles. The van der Waals surface area contributed by atoms with Gasteiger partial charge in [-0.3, -0.25) is 0 Å². The van der Waals surface area contributed by atoms with E-state index in [2.05, 4.69) is 26.5 Å². The van der Waals surface area contributed by atoms with Gasteiger partial charge in [-0.25, -0.2) is 8.42 Å². The van der Waals surface area contributed by atoms with Gasteiger partial charge in [0.15, 0.2) is 5.82 Å². The molecule has 3 aromatic rings. The SMILES string of the molecule is N#CC1(c2ccc(S(=O)(=O)C(F)(F)F)cc2)CCN(c2ccc(-c3nnc(CO)o3)nn2)CC1. The molecule has 1 N–H and O–H groups in total. The van der Waals surface area contributed by atoms with Crippen LogP contribution in [0.15, 0.2) is 45.7 Å². The molecular formula is C20H17F3N6O4S. The summed E-state index contributed by atoms with van der Waals surface area (Å²) in [5.41, 5.74) is -5.59. The second kappa shape index (κ2) is 8.65. The molecule has 4 rings (SSSR count). The predicted octanol–water partition coefficient (Wildman–Crippen LogP) is 2.37. The molecule has 1 aliphatic rings. The summed E-state index contributed by atoms with van der Waals surface area (Å²) < 4.78 is 66.7. The van der Waals surface area contributed by atoms with Crippen molar-refractivity contribution in [3.8, 4) is 17.7 Å². The number of aromatic nitrogens is 4. The predicted molar refractivity (Wildman–Crippen MR) is 110 cm³/mol. The van der Waals surface area contributed by atoms with Gasteiger partial charge in [-0.1, -0.05) is 12.1 Å². The zero-order valence-corrected chi connectivity index (χ0v) is 18.2. The fourth-order valence-electron chi connectivity index (χ4n) is 3.70. The summed E-state index contributed by atoms with van der Waals surface area (Å²) in [5.74, 6) is 0.707. The Morgan fingerprint density at radius 2 is 1.74 bits per heavy atom. The summed E-state index contributed by atoms with van der Waals surface area (Å²) >= 11 is 0. The molecule has 1 aromatic carbocycles. The van der Waals surface area contributed by atoms with Gasteiger partial charge in [0.25, 0.3) is 15.7 Å². The zero-order chi connectivity index (χ0) is 24.6. The summed E-state index contributed by atoms with van der Waals surface area (Å²) in [6.45, 7) is 0.437. The Morgan fingerprint density at radius 1 is 1.06 bits per heavy atom. The van der Waals surface area contributed by atoms with Gasteiger partial charge in [0.05, 0.1) is 16.4 Å². The van der Waals surface area contributed by atoms with Crippen LogP contribution in [0.1, 0.15) is 24.3 Å². The van der Waals surface area contributed by atoms with Crippen LogP contribution < -0.4 is 4.90 Å². The Balaban J connectivity index is 1.48. The highest BCUT2D eigenvalue weighted by molar-refractivity contribution is 7.92. The fraction of sp³-hybridized carbons (Fsp3) is 0.350. The minimum atomic E-state index is -5.45. The quantitative estimate of drug-likeness (QED) is 0.561. The fourth-order valence-corrected chi connectivity index (χ4v) is 4.46. The Bertz CT molecular complexity index is 1310. The Kier molecular flexibility index (Phi) is 6.00. The average Bonchev–Trinajstić information content (AvgIpc) is 3.33. The van der Waals surface area contributed by atoms with Crippen molar-refractivity contribution in [3.63, 3.8) is 0 Å². The van der Waals surface area contributed by atoms with Gasteiger partial charge in [0, 0.05) is 13.1 Å². The molecule has 0 unspecified atom stereocenters. The molecule has 0 radical (unpaired) electrons. The minimum Gasteiger partial charge on any atom is -0.417 e.